The van der Waals surface area contributed by atoms with E-state index in [0.717, 1.165) is 5.56 Å². The Balaban J connectivity index is 2.33. The number of carbonyl (C=O) groups is 1. The maximum atomic E-state index is 11.3. The van der Waals surface area contributed by atoms with E-state index in [-0.39, 0.29) is 11.9 Å². The second kappa shape index (κ2) is 2.90. The van der Waals surface area contributed by atoms with Crippen LogP contribution in [0.1, 0.15) is 11.6 Å². The molecule has 1 amide bonds. The van der Waals surface area contributed by atoms with Gasteiger partial charge in [-0.25, -0.2) is 4.99 Å². The van der Waals surface area contributed by atoms with E-state index in [1.54, 1.807) is 0 Å². The van der Waals surface area contributed by atoms with Crippen molar-refractivity contribution < 1.29 is 4.79 Å². The Morgan fingerprint density at radius 1 is 1.31 bits per heavy atom. The smallest absolute Gasteiger partial charge is 0.256 e. The minimum Gasteiger partial charge on any atom is -0.370 e. The van der Waals surface area contributed by atoms with Gasteiger partial charge in [0, 0.05) is 0 Å². The largest absolute Gasteiger partial charge is 0.370 e. The molecule has 1 aromatic carbocycles. The van der Waals surface area contributed by atoms with E-state index in [1.165, 1.54) is 0 Å². The van der Waals surface area contributed by atoms with Crippen LogP contribution in [0.4, 0.5) is 0 Å². The first-order chi connectivity index (χ1) is 6.27. The second-order valence-electron chi connectivity index (χ2n) is 2.82. The Hall–Kier alpha value is -1.84. The minimum absolute atomic E-state index is 0.163. The summed E-state index contributed by atoms with van der Waals surface area (Å²) >= 11 is 0. The highest BCUT2D eigenvalue weighted by molar-refractivity contribution is 6.04. The molecule has 1 aliphatic heterocycles. The lowest BCUT2D eigenvalue weighted by Gasteiger charge is -2.02. The van der Waals surface area contributed by atoms with Gasteiger partial charge < -0.3 is 5.73 Å². The van der Waals surface area contributed by atoms with E-state index in [4.69, 9.17) is 5.73 Å². The van der Waals surface area contributed by atoms with Gasteiger partial charge in [-0.05, 0) is 5.56 Å². The number of nitrogens with two attached hydrogens (primary N) is 1. The Bertz CT molecular complexity index is 358. The molecule has 66 valence electrons. The number of nitrogens with one attached hydrogen (secondary N) is 1. The average Bonchev–Trinajstić information content (AvgIpc) is 2.47. The van der Waals surface area contributed by atoms with Crippen molar-refractivity contribution in [3.8, 4) is 0 Å². The fourth-order valence-corrected chi connectivity index (χ4v) is 1.29. The first kappa shape index (κ1) is 7.79. The number of guanidine groups is 1. The van der Waals surface area contributed by atoms with Crippen molar-refractivity contribution in [1.29, 1.82) is 0 Å². The number of benzene rings is 1. The topological polar surface area (TPSA) is 67.5 Å². The predicted molar refractivity (Wildman–Crippen MR) is 48.9 cm³/mol. The zero-order valence-corrected chi connectivity index (χ0v) is 6.90. The minimum atomic E-state index is -0.471. The monoisotopic (exact) mass is 175 g/mol. The molecule has 4 heteroatoms. The molecule has 0 bridgehead atoms. The number of aliphatic imine (C=N–C) groups is 1. The highest BCUT2D eigenvalue weighted by Crippen LogP contribution is 2.19. The molecule has 13 heavy (non-hydrogen) atoms. The molecule has 1 atom stereocenters. The first-order valence-electron chi connectivity index (χ1n) is 3.96. The molecule has 1 aromatic rings. The molecule has 0 aromatic heterocycles. The second-order valence-corrected chi connectivity index (χ2v) is 2.82. The fraction of sp³-hybridized carbons (Fsp3) is 0.111. The van der Waals surface area contributed by atoms with Crippen molar-refractivity contribution in [1.82, 2.24) is 5.32 Å². The number of hydrogen-bond acceptors (Lipinski definition) is 3. The first-order valence-corrected chi connectivity index (χ1v) is 3.96. The number of rotatable bonds is 1. The normalized spacial score (nSPS) is 21.1. The number of amides is 1. The zero-order chi connectivity index (χ0) is 9.26. The van der Waals surface area contributed by atoms with Gasteiger partial charge in [-0.15, -0.1) is 0 Å². The van der Waals surface area contributed by atoms with Crippen LogP contribution in [0.25, 0.3) is 0 Å². The predicted octanol–water partition coefficient (Wildman–Crippen LogP) is 0.172. The van der Waals surface area contributed by atoms with E-state index in [2.05, 4.69) is 10.3 Å². The lowest BCUT2D eigenvalue weighted by molar-refractivity contribution is -0.120. The Morgan fingerprint density at radius 2 is 2.00 bits per heavy atom. The van der Waals surface area contributed by atoms with Gasteiger partial charge in [0.25, 0.3) is 5.91 Å². The summed E-state index contributed by atoms with van der Waals surface area (Å²) in [5.74, 6) is 0.0301. The summed E-state index contributed by atoms with van der Waals surface area (Å²) in [5.41, 5.74) is 6.23. The van der Waals surface area contributed by atoms with E-state index in [1.807, 2.05) is 30.3 Å². The van der Waals surface area contributed by atoms with Gasteiger partial charge in [0.1, 0.15) is 0 Å². The van der Waals surface area contributed by atoms with Gasteiger partial charge >= 0.3 is 0 Å². The summed E-state index contributed by atoms with van der Waals surface area (Å²) < 4.78 is 0. The molecule has 0 saturated carbocycles. The number of hydrogen-bond donors (Lipinski definition) is 2. The SMILES string of the molecule is NC1=N[C@H](c2ccccc2)C(=O)N1. The third kappa shape index (κ3) is 1.38. The van der Waals surface area contributed by atoms with Gasteiger partial charge in [-0.2, -0.15) is 0 Å². The van der Waals surface area contributed by atoms with Crippen molar-refractivity contribution in [2.75, 3.05) is 0 Å². The summed E-state index contributed by atoms with van der Waals surface area (Å²) in [6.45, 7) is 0. The highest BCUT2D eigenvalue weighted by atomic mass is 16.2. The third-order valence-electron chi connectivity index (χ3n) is 1.88. The quantitative estimate of drug-likeness (QED) is 0.639. The van der Waals surface area contributed by atoms with Crippen LogP contribution >= 0.6 is 0 Å². The molecule has 1 aliphatic rings. The molecule has 0 radical (unpaired) electrons. The fourth-order valence-electron chi connectivity index (χ4n) is 1.29. The third-order valence-corrected chi connectivity index (χ3v) is 1.88. The van der Waals surface area contributed by atoms with Crippen LogP contribution in [-0.4, -0.2) is 11.9 Å². The molecule has 4 nitrogen and oxygen atoms in total. The van der Waals surface area contributed by atoms with Crippen molar-refractivity contribution in [3.63, 3.8) is 0 Å². The van der Waals surface area contributed by atoms with Gasteiger partial charge in [-0.1, -0.05) is 30.3 Å². The molecule has 1 heterocycles. The summed E-state index contributed by atoms with van der Waals surface area (Å²) in [7, 11) is 0. The van der Waals surface area contributed by atoms with Crippen molar-refractivity contribution in [2.24, 2.45) is 10.7 Å². The molecule has 0 saturated heterocycles. The highest BCUT2D eigenvalue weighted by Gasteiger charge is 2.25. The van der Waals surface area contributed by atoms with Crippen LogP contribution in [0, 0.1) is 0 Å². The van der Waals surface area contributed by atoms with E-state index >= 15 is 0 Å². The van der Waals surface area contributed by atoms with Crippen LogP contribution in [-0.2, 0) is 4.79 Å². The van der Waals surface area contributed by atoms with E-state index < -0.39 is 6.04 Å². The van der Waals surface area contributed by atoms with Gasteiger partial charge in [0.2, 0.25) is 0 Å². The lowest BCUT2D eigenvalue weighted by Crippen LogP contribution is -2.31. The van der Waals surface area contributed by atoms with Crippen LogP contribution < -0.4 is 11.1 Å². The molecule has 0 aliphatic carbocycles. The number of carbonyl (C=O) groups excluding carboxylic acids is 1. The maximum absolute atomic E-state index is 11.3. The molecule has 0 spiro atoms. The van der Waals surface area contributed by atoms with Crippen LogP contribution in [0.5, 0.6) is 0 Å². The maximum Gasteiger partial charge on any atom is 0.256 e. The van der Waals surface area contributed by atoms with Crippen molar-refractivity contribution in [3.05, 3.63) is 35.9 Å². The summed E-state index contributed by atoms with van der Waals surface area (Å²) in [6, 6.07) is 8.86. The van der Waals surface area contributed by atoms with Gasteiger partial charge in [0.15, 0.2) is 12.0 Å². The van der Waals surface area contributed by atoms with Gasteiger partial charge in [0.05, 0.1) is 0 Å². The summed E-state index contributed by atoms with van der Waals surface area (Å²) in [4.78, 5) is 15.3. The average molecular weight is 175 g/mol. The van der Waals surface area contributed by atoms with Gasteiger partial charge in [-0.3, -0.25) is 10.1 Å². The number of nitrogens with zero attached hydrogens (tertiary/aromatic N) is 1. The Morgan fingerprint density at radius 3 is 2.54 bits per heavy atom. The molecule has 3 N–H and O–H groups in total. The molecule has 2 rings (SSSR count). The van der Waals surface area contributed by atoms with Crippen LogP contribution in [0.3, 0.4) is 0 Å². The molecule has 0 fully saturated rings. The Kier molecular flexibility index (Phi) is 1.73. The van der Waals surface area contributed by atoms with Crippen LogP contribution in [0.2, 0.25) is 0 Å². The van der Waals surface area contributed by atoms with E-state index in [9.17, 15) is 4.79 Å². The molecular weight excluding hydrogens is 166 g/mol. The van der Waals surface area contributed by atoms with E-state index in [0.29, 0.717) is 0 Å². The lowest BCUT2D eigenvalue weighted by atomic mass is 10.1. The van der Waals surface area contributed by atoms with Crippen molar-refractivity contribution >= 4 is 11.9 Å². The molecule has 0 unspecified atom stereocenters. The van der Waals surface area contributed by atoms with Crippen LogP contribution in [0.15, 0.2) is 35.3 Å². The summed E-state index contributed by atoms with van der Waals surface area (Å²) in [6.07, 6.45) is 0. The standard InChI is InChI=1S/C9H9N3O/c10-9-11-7(8(13)12-9)6-4-2-1-3-5-6/h1-5,7H,(H3,10,11,12,13)/t7-/m1/s1. The van der Waals surface area contributed by atoms with Crippen molar-refractivity contribution in [2.45, 2.75) is 6.04 Å². The molecular formula is C9H9N3O. The summed E-state index contributed by atoms with van der Waals surface area (Å²) in [5, 5.41) is 2.45. The Labute approximate surface area is 75.5 Å². The zero-order valence-electron chi connectivity index (χ0n) is 6.90.